The maximum atomic E-state index is 5.50. The fourth-order valence-electron chi connectivity index (χ4n) is 1.85. The molecule has 0 saturated heterocycles. The molecule has 2 rings (SSSR count). The monoisotopic (exact) mass is 189 g/mol. The van der Waals surface area contributed by atoms with E-state index in [1.807, 2.05) is 6.92 Å². The summed E-state index contributed by atoms with van der Waals surface area (Å²) in [5.74, 6) is 1.19. The minimum absolute atomic E-state index is 0.305. The fraction of sp³-hybridized carbons (Fsp3) is 0.417. The van der Waals surface area contributed by atoms with Crippen molar-refractivity contribution in [2.45, 2.75) is 26.3 Å². The van der Waals surface area contributed by atoms with Crippen LogP contribution in [0.4, 0.5) is 0 Å². The number of rotatable bonds is 1. The first-order chi connectivity index (χ1) is 6.83. The van der Waals surface area contributed by atoms with E-state index in [1.165, 1.54) is 11.1 Å². The Bertz CT molecular complexity index is 357. The standard InChI is InChI=1S/C12H15NO/c1-3-14-12-9(2)11-7-5-4-6-10(11)8-13-12/h4-7,9H,3,8H2,1-2H3. The Morgan fingerprint density at radius 2 is 2.21 bits per heavy atom. The van der Waals surface area contributed by atoms with Gasteiger partial charge in [0, 0.05) is 0 Å². The Labute approximate surface area is 84.6 Å². The minimum Gasteiger partial charge on any atom is -0.481 e. The molecule has 2 heteroatoms. The Morgan fingerprint density at radius 1 is 1.43 bits per heavy atom. The molecule has 1 aliphatic rings. The van der Waals surface area contributed by atoms with Crippen molar-refractivity contribution < 1.29 is 4.74 Å². The molecule has 0 fully saturated rings. The lowest BCUT2D eigenvalue weighted by Gasteiger charge is -2.22. The Balaban J connectivity index is 2.30. The highest BCUT2D eigenvalue weighted by atomic mass is 16.5. The van der Waals surface area contributed by atoms with Crippen LogP contribution in [-0.4, -0.2) is 12.5 Å². The molecule has 0 saturated carbocycles. The van der Waals surface area contributed by atoms with Crippen LogP contribution >= 0.6 is 0 Å². The number of hydrogen-bond acceptors (Lipinski definition) is 2. The number of nitrogens with zero attached hydrogens (tertiary/aromatic N) is 1. The van der Waals surface area contributed by atoms with Crippen LogP contribution < -0.4 is 0 Å². The van der Waals surface area contributed by atoms with Gasteiger partial charge in [0.2, 0.25) is 0 Å². The smallest absolute Gasteiger partial charge is 0.190 e. The zero-order valence-electron chi connectivity index (χ0n) is 8.66. The molecule has 14 heavy (non-hydrogen) atoms. The van der Waals surface area contributed by atoms with E-state index in [1.54, 1.807) is 0 Å². The average Bonchev–Trinajstić information content (AvgIpc) is 2.23. The summed E-state index contributed by atoms with van der Waals surface area (Å²) >= 11 is 0. The molecule has 1 atom stereocenters. The summed E-state index contributed by atoms with van der Waals surface area (Å²) < 4.78 is 5.50. The molecule has 0 radical (unpaired) electrons. The summed E-state index contributed by atoms with van der Waals surface area (Å²) in [5, 5.41) is 0. The molecular weight excluding hydrogens is 174 g/mol. The maximum absolute atomic E-state index is 5.50. The Kier molecular flexibility index (Phi) is 2.53. The second kappa shape index (κ2) is 3.82. The lowest BCUT2D eigenvalue weighted by Crippen LogP contribution is -2.19. The van der Waals surface area contributed by atoms with Gasteiger partial charge in [0.15, 0.2) is 5.90 Å². The molecule has 1 aromatic rings. The van der Waals surface area contributed by atoms with Gasteiger partial charge in [-0.15, -0.1) is 0 Å². The van der Waals surface area contributed by atoms with Gasteiger partial charge in [0.25, 0.3) is 0 Å². The molecule has 1 aromatic carbocycles. The van der Waals surface area contributed by atoms with Gasteiger partial charge in [-0.3, -0.25) is 4.99 Å². The molecule has 0 aliphatic carbocycles. The van der Waals surface area contributed by atoms with E-state index in [4.69, 9.17) is 4.74 Å². The molecule has 0 spiro atoms. The largest absolute Gasteiger partial charge is 0.481 e. The van der Waals surface area contributed by atoms with Crippen LogP contribution in [0.1, 0.15) is 30.9 Å². The molecular formula is C12H15NO. The van der Waals surface area contributed by atoms with E-state index >= 15 is 0 Å². The predicted molar refractivity (Wildman–Crippen MR) is 57.6 cm³/mol. The topological polar surface area (TPSA) is 21.6 Å². The molecule has 1 aliphatic heterocycles. The molecule has 74 valence electrons. The van der Waals surface area contributed by atoms with E-state index in [9.17, 15) is 0 Å². The summed E-state index contributed by atoms with van der Waals surface area (Å²) in [6.45, 7) is 5.60. The summed E-state index contributed by atoms with van der Waals surface area (Å²) in [4.78, 5) is 4.44. The van der Waals surface area contributed by atoms with Gasteiger partial charge in [-0.2, -0.15) is 0 Å². The SMILES string of the molecule is CCOC1=NCc2ccccc2C1C. The van der Waals surface area contributed by atoms with Crippen molar-refractivity contribution in [3.63, 3.8) is 0 Å². The number of aliphatic imine (C=N–C) groups is 1. The van der Waals surface area contributed by atoms with Gasteiger partial charge >= 0.3 is 0 Å². The van der Waals surface area contributed by atoms with E-state index in [0.717, 1.165) is 12.4 Å². The van der Waals surface area contributed by atoms with Gasteiger partial charge in [-0.1, -0.05) is 24.3 Å². The fourth-order valence-corrected chi connectivity index (χ4v) is 1.85. The molecule has 0 amide bonds. The second-order valence-electron chi connectivity index (χ2n) is 3.51. The van der Waals surface area contributed by atoms with Crippen molar-refractivity contribution in [2.24, 2.45) is 4.99 Å². The predicted octanol–water partition coefficient (Wildman–Crippen LogP) is 2.74. The van der Waals surface area contributed by atoms with Crippen LogP contribution in [-0.2, 0) is 11.3 Å². The van der Waals surface area contributed by atoms with Gasteiger partial charge in [-0.25, -0.2) is 0 Å². The van der Waals surface area contributed by atoms with Crippen LogP contribution in [0.3, 0.4) is 0 Å². The third-order valence-corrected chi connectivity index (χ3v) is 2.59. The van der Waals surface area contributed by atoms with Crippen molar-refractivity contribution in [2.75, 3.05) is 6.61 Å². The maximum Gasteiger partial charge on any atom is 0.190 e. The molecule has 1 heterocycles. The summed E-state index contributed by atoms with van der Waals surface area (Å²) in [5.41, 5.74) is 2.68. The lowest BCUT2D eigenvalue weighted by molar-refractivity contribution is 0.309. The number of ether oxygens (including phenoxy) is 1. The van der Waals surface area contributed by atoms with Crippen molar-refractivity contribution >= 4 is 5.90 Å². The highest BCUT2D eigenvalue weighted by molar-refractivity contribution is 5.85. The van der Waals surface area contributed by atoms with Crippen LogP contribution in [0.15, 0.2) is 29.3 Å². The third kappa shape index (κ3) is 1.52. The quantitative estimate of drug-likeness (QED) is 0.665. The van der Waals surface area contributed by atoms with Gasteiger partial charge in [0.1, 0.15) is 0 Å². The van der Waals surface area contributed by atoms with E-state index in [-0.39, 0.29) is 0 Å². The van der Waals surface area contributed by atoms with Crippen LogP contribution in [0.2, 0.25) is 0 Å². The van der Waals surface area contributed by atoms with Crippen LogP contribution in [0, 0.1) is 0 Å². The van der Waals surface area contributed by atoms with Crippen molar-refractivity contribution in [3.8, 4) is 0 Å². The first-order valence-electron chi connectivity index (χ1n) is 5.08. The number of hydrogen-bond donors (Lipinski definition) is 0. The molecule has 0 aromatic heterocycles. The summed E-state index contributed by atoms with van der Waals surface area (Å²) in [6, 6.07) is 8.43. The Hall–Kier alpha value is -1.31. The highest BCUT2D eigenvalue weighted by Gasteiger charge is 2.20. The van der Waals surface area contributed by atoms with Crippen LogP contribution in [0.5, 0.6) is 0 Å². The normalized spacial score (nSPS) is 19.9. The molecule has 0 N–H and O–H groups in total. The van der Waals surface area contributed by atoms with Crippen LogP contribution in [0.25, 0.3) is 0 Å². The second-order valence-corrected chi connectivity index (χ2v) is 3.51. The number of fused-ring (bicyclic) bond motifs is 1. The highest BCUT2D eigenvalue weighted by Crippen LogP contribution is 2.26. The first kappa shape index (κ1) is 9.25. The lowest BCUT2D eigenvalue weighted by atomic mass is 9.93. The van der Waals surface area contributed by atoms with Crippen molar-refractivity contribution in [1.82, 2.24) is 0 Å². The molecule has 1 unspecified atom stereocenters. The Morgan fingerprint density at radius 3 is 3.00 bits per heavy atom. The summed E-state index contributed by atoms with van der Waals surface area (Å²) in [7, 11) is 0. The van der Waals surface area contributed by atoms with Gasteiger partial charge in [0.05, 0.1) is 19.1 Å². The summed E-state index contributed by atoms with van der Waals surface area (Å²) in [6.07, 6.45) is 0. The van der Waals surface area contributed by atoms with Gasteiger partial charge in [-0.05, 0) is 25.0 Å². The average molecular weight is 189 g/mol. The molecule has 2 nitrogen and oxygen atoms in total. The minimum atomic E-state index is 0.305. The van der Waals surface area contributed by atoms with Crippen molar-refractivity contribution in [3.05, 3.63) is 35.4 Å². The molecule has 0 bridgehead atoms. The third-order valence-electron chi connectivity index (χ3n) is 2.59. The number of benzene rings is 1. The zero-order chi connectivity index (χ0) is 9.97. The van der Waals surface area contributed by atoms with E-state index in [0.29, 0.717) is 12.5 Å². The van der Waals surface area contributed by atoms with Crippen molar-refractivity contribution in [1.29, 1.82) is 0 Å². The zero-order valence-corrected chi connectivity index (χ0v) is 8.66. The van der Waals surface area contributed by atoms with Gasteiger partial charge < -0.3 is 4.74 Å². The van der Waals surface area contributed by atoms with E-state index in [2.05, 4.69) is 36.2 Å². The first-order valence-corrected chi connectivity index (χ1v) is 5.08. The van der Waals surface area contributed by atoms with E-state index < -0.39 is 0 Å².